The Labute approximate surface area is 103 Å². The number of carbonyl (C=O) groups is 1. The molecule has 0 aromatic rings. The molecule has 2 saturated heterocycles. The zero-order chi connectivity index (χ0) is 11.7. The van der Waals surface area contributed by atoms with Gasteiger partial charge in [0.25, 0.3) is 0 Å². The van der Waals surface area contributed by atoms with Crippen molar-refractivity contribution >= 4 is 6.03 Å². The predicted octanol–water partition coefficient (Wildman–Crippen LogP) is 1.32. The second-order valence-electron chi connectivity index (χ2n) is 5.75. The van der Waals surface area contributed by atoms with Gasteiger partial charge in [-0.05, 0) is 51.0 Å². The molecule has 3 aliphatic rings. The van der Waals surface area contributed by atoms with Crippen molar-refractivity contribution in [1.82, 2.24) is 15.5 Å². The molecule has 4 nitrogen and oxygen atoms in total. The van der Waals surface area contributed by atoms with Crippen LogP contribution in [-0.2, 0) is 0 Å². The van der Waals surface area contributed by atoms with Crippen molar-refractivity contribution in [3.05, 3.63) is 0 Å². The molecular formula is C13H23N3O. The lowest BCUT2D eigenvalue weighted by atomic mass is 9.89. The van der Waals surface area contributed by atoms with Crippen LogP contribution in [0.2, 0.25) is 0 Å². The highest BCUT2D eigenvalue weighted by Gasteiger charge is 2.31. The molecule has 3 fully saturated rings. The number of nitrogens with zero attached hydrogens (tertiary/aromatic N) is 1. The molecule has 0 aromatic carbocycles. The molecule has 1 saturated carbocycles. The van der Waals surface area contributed by atoms with Crippen molar-refractivity contribution in [3.63, 3.8) is 0 Å². The van der Waals surface area contributed by atoms with Gasteiger partial charge in [-0.25, -0.2) is 4.79 Å². The highest BCUT2D eigenvalue weighted by Crippen LogP contribution is 2.26. The van der Waals surface area contributed by atoms with Gasteiger partial charge in [0.1, 0.15) is 0 Å². The summed E-state index contributed by atoms with van der Waals surface area (Å²) >= 11 is 0. The van der Waals surface area contributed by atoms with Gasteiger partial charge in [-0.2, -0.15) is 0 Å². The lowest BCUT2D eigenvalue weighted by Crippen LogP contribution is -2.47. The molecule has 0 spiro atoms. The normalized spacial score (nSPS) is 30.6. The van der Waals surface area contributed by atoms with E-state index in [0.717, 1.165) is 25.0 Å². The smallest absolute Gasteiger partial charge is 0.317 e. The molecule has 1 aliphatic carbocycles. The number of urea groups is 1. The summed E-state index contributed by atoms with van der Waals surface area (Å²) < 4.78 is 0. The minimum absolute atomic E-state index is 0.172. The Kier molecular flexibility index (Phi) is 3.23. The van der Waals surface area contributed by atoms with Crippen LogP contribution in [0.1, 0.15) is 38.5 Å². The molecule has 2 N–H and O–H groups in total. The predicted molar refractivity (Wildman–Crippen MR) is 66.9 cm³/mol. The van der Waals surface area contributed by atoms with Gasteiger partial charge in [0.2, 0.25) is 0 Å². The molecule has 2 aliphatic heterocycles. The van der Waals surface area contributed by atoms with Crippen molar-refractivity contribution in [1.29, 1.82) is 0 Å². The second-order valence-corrected chi connectivity index (χ2v) is 5.75. The summed E-state index contributed by atoms with van der Waals surface area (Å²) in [5.41, 5.74) is 0. The number of piperidine rings is 1. The number of nitrogens with one attached hydrogen (secondary N) is 2. The number of amides is 2. The van der Waals surface area contributed by atoms with Gasteiger partial charge < -0.3 is 15.5 Å². The summed E-state index contributed by atoms with van der Waals surface area (Å²) in [5, 5.41) is 6.67. The summed E-state index contributed by atoms with van der Waals surface area (Å²) in [6, 6.07) is 1.38. The van der Waals surface area contributed by atoms with Crippen molar-refractivity contribution in [2.45, 2.75) is 50.6 Å². The third kappa shape index (κ3) is 2.73. The first kappa shape index (κ1) is 11.3. The van der Waals surface area contributed by atoms with Crippen LogP contribution in [0.3, 0.4) is 0 Å². The lowest BCUT2D eigenvalue weighted by molar-refractivity contribution is 0.159. The summed E-state index contributed by atoms with van der Waals surface area (Å²) in [7, 11) is 0. The number of hydrogen-bond donors (Lipinski definition) is 2. The molecule has 0 radical (unpaired) electrons. The standard InChI is InChI=1S/C13H23N3O/c17-13(15-11-3-4-11)16-8-5-10(6-9-16)12-2-1-7-14-12/h10-12,14H,1-9H2,(H,15,17). The second kappa shape index (κ2) is 4.84. The van der Waals surface area contributed by atoms with Gasteiger partial charge in [-0.1, -0.05) is 0 Å². The fourth-order valence-electron chi connectivity index (χ4n) is 3.11. The monoisotopic (exact) mass is 237 g/mol. The maximum atomic E-state index is 11.9. The minimum atomic E-state index is 0.172. The van der Waals surface area contributed by atoms with Crippen LogP contribution in [0.5, 0.6) is 0 Å². The fraction of sp³-hybridized carbons (Fsp3) is 0.923. The van der Waals surface area contributed by atoms with Gasteiger partial charge in [0.15, 0.2) is 0 Å². The maximum absolute atomic E-state index is 11.9. The van der Waals surface area contributed by atoms with E-state index in [2.05, 4.69) is 10.6 Å². The van der Waals surface area contributed by atoms with Crippen molar-refractivity contribution < 1.29 is 4.79 Å². The molecule has 0 bridgehead atoms. The van der Waals surface area contributed by atoms with Crippen LogP contribution in [-0.4, -0.2) is 42.6 Å². The summed E-state index contributed by atoms with van der Waals surface area (Å²) in [6.07, 6.45) is 7.36. The van der Waals surface area contributed by atoms with E-state index < -0.39 is 0 Å². The van der Waals surface area contributed by atoms with Crippen molar-refractivity contribution in [2.75, 3.05) is 19.6 Å². The van der Waals surface area contributed by atoms with Crippen LogP contribution in [0.25, 0.3) is 0 Å². The van der Waals surface area contributed by atoms with Crippen LogP contribution < -0.4 is 10.6 Å². The van der Waals surface area contributed by atoms with Gasteiger partial charge in [0.05, 0.1) is 0 Å². The molecule has 1 unspecified atom stereocenters. The fourth-order valence-corrected chi connectivity index (χ4v) is 3.11. The Morgan fingerprint density at radius 3 is 2.47 bits per heavy atom. The molecular weight excluding hydrogens is 214 g/mol. The third-order valence-electron chi connectivity index (χ3n) is 4.40. The van der Waals surface area contributed by atoms with Crippen molar-refractivity contribution in [3.8, 4) is 0 Å². The van der Waals surface area contributed by atoms with E-state index >= 15 is 0 Å². The Hall–Kier alpha value is -0.770. The molecule has 2 heterocycles. The SMILES string of the molecule is O=C(NC1CC1)N1CCC(C2CCCN2)CC1. The van der Waals surface area contributed by atoms with Crippen molar-refractivity contribution in [2.24, 2.45) is 5.92 Å². The van der Waals surface area contributed by atoms with Crippen LogP contribution in [0.4, 0.5) is 4.79 Å². The first-order valence-corrected chi connectivity index (χ1v) is 7.12. The average molecular weight is 237 g/mol. The van der Waals surface area contributed by atoms with Gasteiger partial charge in [0, 0.05) is 25.2 Å². The molecule has 17 heavy (non-hydrogen) atoms. The molecule has 96 valence electrons. The number of hydrogen-bond acceptors (Lipinski definition) is 2. The van der Waals surface area contributed by atoms with Crippen LogP contribution in [0.15, 0.2) is 0 Å². The Morgan fingerprint density at radius 1 is 1.12 bits per heavy atom. The molecule has 2 amide bonds. The van der Waals surface area contributed by atoms with E-state index in [1.807, 2.05) is 4.90 Å². The topological polar surface area (TPSA) is 44.4 Å². The first-order valence-electron chi connectivity index (χ1n) is 7.12. The molecule has 3 rings (SSSR count). The summed E-state index contributed by atoms with van der Waals surface area (Å²) in [6.45, 7) is 3.08. The van der Waals surface area contributed by atoms with Crippen LogP contribution in [0, 0.1) is 5.92 Å². The van der Waals surface area contributed by atoms with E-state index in [1.165, 1.54) is 45.1 Å². The van der Waals surface area contributed by atoms with E-state index in [4.69, 9.17) is 0 Å². The quantitative estimate of drug-likeness (QED) is 0.761. The van der Waals surface area contributed by atoms with E-state index in [9.17, 15) is 4.79 Å². The number of rotatable bonds is 2. The average Bonchev–Trinajstić information content (AvgIpc) is 3.00. The zero-order valence-electron chi connectivity index (χ0n) is 10.5. The van der Waals surface area contributed by atoms with Gasteiger partial charge >= 0.3 is 6.03 Å². The zero-order valence-corrected chi connectivity index (χ0v) is 10.5. The molecule has 0 aromatic heterocycles. The Bertz CT molecular complexity index is 276. The van der Waals surface area contributed by atoms with E-state index in [-0.39, 0.29) is 6.03 Å². The Morgan fingerprint density at radius 2 is 1.88 bits per heavy atom. The largest absolute Gasteiger partial charge is 0.335 e. The van der Waals surface area contributed by atoms with Gasteiger partial charge in [-0.15, -0.1) is 0 Å². The van der Waals surface area contributed by atoms with Crippen LogP contribution >= 0.6 is 0 Å². The minimum Gasteiger partial charge on any atom is -0.335 e. The number of likely N-dealkylation sites (tertiary alicyclic amines) is 1. The highest BCUT2D eigenvalue weighted by molar-refractivity contribution is 5.74. The Balaban J connectivity index is 1.44. The third-order valence-corrected chi connectivity index (χ3v) is 4.40. The van der Waals surface area contributed by atoms with E-state index in [1.54, 1.807) is 0 Å². The maximum Gasteiger partial charge on any atom is 0.317 e. The first-order chi connectivity index (χ1) is 8.33. The lowest BCUT2D eigenvalue weighted by Gasteiger charge is -2.34. The number of carbonyl (C=O) groups excluding carboxylic acids is 1. The highest BCUT2D eigenvalue weighted by atomic mass is 16.2. The van der Waals surface area contributed by atoms with E-state index in [0.29, 0.717) is 6.04 Å². The summed E-state index contributed by atoms with van der Waals surface area (Å²) in [5.74, 6) is 0.794. The molecule has 1 atom stereocenters. The summed E-state index contributed by atoms with van der Waals surface area (Å²) in [4.78, 5) is 13.9. The molecule has 4 heteroatoms. The van der Waals surface area contributed by atoms with Gasteiger partial charge in [-0.3, -0.25) is 0 Å².